The Hall–Kier alpha value is -1.30. The monoisotopic (exact) mass is 338 g/mol. The molecule has 5 nitrogen and oxygen atoms in total. The van der Waals surface area contributed by atoms with Gasteiger partial charge in [-0.15, -0.1) is 0 Å². The van der Waals surface area contributed by atoms with E-state index in [1.54, 1.807) is 0 Å². The molecule has 0 saturated carbocycles. The van der Waals surface area contributed by atoms with E-state index in [2.05, 4.69) is 34.5 Å². The normalized spacial score (nSPS) is 19.5. The first-order valence-corrected chi connectivity index (χ1v) is 8.57. The quantitative estimate of drug-likeness (QED) is 0.778. The standard InChI is InChI=1S/C17H27ClN4O/c1-21-10-11-22(2)16(13-21)12-20-17(23)19-9-3-4-14-5-7-15(18)8-6-14/h5-8,16H,3-4,9-13H2,1-2H3,(H2,19,20,23)/t16-/m0/s1. The number of benzene rings is 1. The fourth-order valence-electron chi connectivity index (χ4n) is 2.74. The van der Waals surface area contributed by atoms with Crippen LogP contribution in [0.4, 0.5) is 4.79 Å². The first-order valence-electron chi connectivity index (χ1n) is 8.19. The summed E-state index contributed by atoms with van der Waals surface area (Å²) in [6, 6.07) is 8.15. The van der Waals surface area contributed by atoms with Gasteiger partial charge in [0.2, 0.25) is 0 Å². The Morgan fingerprint density at radius 3 is 2.70 bits per heavy atom. The van der Waals surface area contributed by atoms with Crippen molar-refractivity contribution in [1.29, 1.82) is 0 Å². The molecule has 0 aliphatic carbocycles. The van der Waals surface area contributed by atoms with Gasteiger partial charge in [0.1, 0.15) is 0 Å². The number of hydrogen-bond acceptors (Lipinski definition) is 3. The van der Waals surface area contributed by atoms with E-state index in [9.17, 15) is 4.79 Å². The van der Waals surface area contributed by atoms with Gasteiger partial charge in [-0.1, -0.05) is 23.7 Å². The number of halogens is 1. The van der Waals surface area contributed by atoms with Gasteiger partial charge in [-0.05, 0) is 44.6 Å². The Bertz CT molecular complexity index is 494. The largest absolute Gasteiger partial charge is 0.338 e. The Morgan fingerprint density at radius 2 is 1.96 bits per heavy atom. The van der Waals surface area contributed by atoms with Crippen LogP contribution < -0.4 is 10.6 Å². The minimum atomic E-state index is -0.0808. The van der Waals surface area contributed by atoms with Crippen molar-refractivity contribution in [2.45, 2.75) is 18.9 Å². The lowest BCUT2D eigenvalue weighted by molar-refractivity contribution is 0.114. The molecule has 1 aliphatic rings. The number of amides is 2. The first kappa shape index (κ1) is 18.0. The lowest BCUT2D eigenvalue weighted by Gasteiger charge is -2.37. The zero-order chi connectivity index (χ0) is 16.7. The number of rotatable bonds is 6. The maximum Gasteiger partial charge on any atom is 0.314 e. The van der Waals surface area contributed by atoms with Gasteiger partial charge >= 0.3 is 6.03 Å². The molecule has 1 atom stereocenters. The van der Waals surface area contributed by atoms with E-state index in [1.807, 2.05) is 24.3 Å². The van der Waals surface area contributed by atoms with Crippen LogP contribution in [0.3, 0.4) is 0 Å². The number of piperazine rings is 1. The molecular formula is C17H27ClN4O. The number of carbonyl (C=O) groups is 1. The van der Waals surface area contributed by atoms with Gasteiger partial charge in [-0.25, -0.2) is 4.79 Å². The van der Waals surface area contributed by atoms with Gasteiger partial charge in [-0.3, -0.25) is 4.90 Å². The van der Waals surface area contributed by atoms with Crippen LogP contribution in [0.15, 0.2) is 24.3 Å². The second kappa shape index (κ2) is 9.11. The van der Waals surface area contributed by atoms with Gasteiger partial charge in [0.05, 0.1) is 0 Å². The fraction of sp³-hybridized carbons (Fsp3) is 0.588. The minimum absolute atomic E-state index is 0.0808. The number of carbonyl (C=O) groups excluding carboxylic acids is 1. The molecule has 6 heteroatoms. The Labute approximate surface area is 144 Å². The summed E-state index contributed by atoms with van der Waals surface area (Å²) in [5.41, 5.74) is 1.24. The van der Waals surface area contributed by atoms with Crippen molar-refractivity contribution < 1.29 is 4.79 Å². The summed E-state index contributed by atoms with van der Waals surface area (Å²) in [4.78, 5) is 16.5. The average molecular weight is 339 g/mol. The molecule has 1 aromatic rings. The zero-order valence-electron chi connectivity index (χ0n) is 14.0. The fourth-order valence-corrected chi connectivity index (χ4v) is 2.87. The molecule has 2 N–H and O–H groups in total. The lowest BCUT2D eigenvalue weighted by Crippen LogP contribution is -2.55. The second-order valence-corrected chi connectivity index (χ2v) is 6.70. The van der Waals surface area contributed by atoms with Crippen molar-refractivity contribution in [3.63, 3.8) is 0 Å². The molecule has 2 amide bonds. The average Bonchev–Trinajstić information content (AvgIpc) is 2.54. The highest BCUT2D eigenvalue weighted by atomic mass is 35.5. The van der Waals surface area contributed by atoms with Gasteiger partial charge in [0, 0.05) is 43.8 Å². The van der Waals surface area contributed by atoms with Crippen LogP contribution in [0.5, 0.6) is 0 Å². The van der Waals surface area contributed by atoms with E-state index in [1.165, 1.54) is 5.56 Å². The van der Waals surface area contributed by atoms with Crippen molar-refractivity contribution in [3.05, 3.63) is 34.9 Å². The van der Waals surface area contributed by atoms with Gasteiger partial charge in [0.25, 0.3) is 0 Å². The predicted molar refractivity (Wildman–Crippen MR) is 95.1 cm³/mol. The van der Waals surface area contributed by atoms with Crippen LogP contribution in [-0.2, 0) is 6.42 Å². The van der Waals surface area contributed by atoms with Crippen LogP contribution in [-0.4, -0.2) is 68.7 Å². The van der Waals surface area contributed by atoms with E-state index >= 15 is 0 Å². The summed E-state index contributed by atoms with van der Waals surface area (Å²) in [5, 5.41) is 6.65. The molecular weight excluding hydrogens is 312 g/mol. The van der Waals surface area contributed by atoms with Crippen LogP contribution in [0.25, 0.3) is 0 Å². The molecule has 2 rings (SSSR count). The summed E-state index contributed by atoms with van der Waals surface area (Å²) >= 11 is 5.86. The number of nitrogens with one attached hydrogen (secondary N) is 2. The Morgan fingerprint density at radius 1 is 1.22 bits per heavy atom. The second-order valence-electron chi connectivity index (χ2n) is 6.26. The molecule has 0 bridgehead atoms. The van der Waals surface area contributed by atoms with Crippen LogP contribution in [0, 0.1) is 0 Å². The van der Waals surface area contributed by atoms with E-state index < -0.39 is 0 Å². The molecule has 128 valence electrons. The minimum Gasteiger partial charge on any atom is -0.338 e. The summed E-state index contributed by atoms with van der Waals surface area (Å²) < 4.78 is 0. The van der Waals surface area contributed by atoms with Crippen molar-refractivity contribution in [3.8, 4) is 0 Å². The molecule has 0 unspecified atom stereocenters. The third kappa shape index (κ3) is 6.37. The van der Waals surface area contributed by atoms with E-state index in [0.717, 1.165) is 37.5 Å². The van der Waals surface area contributed by atoms with Crippen LogP contribution in [0.2, 0.25) is 5.02 Å². The highest BCUT2D eigenvalue weighted by Crippen LogP contribution is 2.10. The number of urea groups is 1. The molecule has 0 radical (unpaired) electrons. The molecule has 1 saturated heterocycles. The molecule has 0 spiro atoms. The van der Waals surface area contributed by atoms with Crippen LogP contribution >= 0.6 is 11.6 Å². The van der Waals surface area contributed by atoms with E-state index in [-0.39, 0.29) is 6.03 Å². The van der Waals surface area contributed by atoms with Crippen molar-refractivity contribution in [2.75, 3.05) is 46.8 Å². The van der Waals surface area contributed by atoms with Crippen molar-refractivity contribution >= 4 is 17.6 Å². The smallest absolute Gasteiger partial charge is 0.314 e. The first-order chi connectivity index (χ1) is 11.0. The highest BCUT2D eigenvalue weighted by Gasteiger charge is 2.22. The van der Waals surface area contributed by atoms with Crippen molar-refractivity contribution in [1.82, 2.24) is 20.4 Å². The summed E-state index contributed by atoms with van der Waals surface area (Å²) in [7, 11) is 4.24. The van der Waals surface area contributed by atoms with Gasteiger partial charge in [-0.2, -0.15) is 0 Å². The van der Waals surface area contributed by atoms with Crippen LogP contribution in [0.1, 0.15) is 12.0 Å². The summed E-state index contributed by atoms with van der Waals surface area (Å²) in [6.45, 7) is 4.49. The lowest BCUT2D eigenvalue weighted by atomic mass is 10.1. The topological polar surface area (TPSA) is 47.6 Å². The molecule has 1 heterocycles. The maximum atomic E-state index is 11.9. The zero-order valence-corrected chi connectivity index (χ0v) is 14.8. The Kier molecular flexibility index (Phi) is 7.15. The number of likely N-dealkylation sites (N-methyl/N-ethyl adjacent to an activating group) is 2. The summed E-state index contributed by atoms with van der Waals surface area (Å²) in [5.74, 6) is 0. The number of aryl methyl sites for hydroxylation is 1. The molecule has 23 heavy (non-hydrogen) atoms. The Balaban J connectivity index is 1.58. The molecule has 1 fully saturated rings. The maximum absolute atomic E-state index is 11.9. The molecule has 1 aromatic carbocycles. The van der Waals surface area contributed by atoms with Gasteiger partial charge in [0.15, 0.2) is 0 Å². The molecule has 0 aromatic heterocycles. The van der Waals surface area contributed by atoms with Crippen molar-refractivity contribution in [2.24, 2.45) is 0 Å². The third-order valence-corrected chi connectivity index (χ3v) is 4.57. The number of hydrogen-bond donors (Lipinski definition) is 2. The predicted octanol–water partition coefficient (Wildman–Crippen LogP) is 1.82. The van der Waals surface area contributed by atoms with Gasteiger partial charge < -0.3 is 15.5 Å². The van der Waals surface area contributed by atoms with E-state index in [4.69, 9.17) is 11.6 Å². The highest BCUT2D eigenvalue weighted by molar-refractivity contribution is 6.30. The number of nitrogens with zero attached hydrogens (tertiary/aromatic N) is 2. The third-order valence-electron chi connectivity index (χ3n) is 4.32. The molecule has 1 aliphatic heterocycles. The SMILES string of the molecule is CN1CCN(C)[C@@H](CNC(=O)NCCCc2ccc(Cl)cc2)C1. The summed E-state index contributed by atoms with van der Waals surface area (Å²) in [6.07, 6.45) is 1.86. The van der Waals surface area contributed by atoms with E-state index in [0.29, 0.717) is 19.1 Å².